The maximum absolute atomic E-state index is 12.0. The molecule has 1 aromatic heterocycles. The van der Waals surface area contributed by atoms with Crippen LogP contribution < -0.4 is 5.32 Å². The quantitative estimate of drug-likeness (QED) is 0.879. The zero-order valence-corrected chi connectivity index (χ0v) is 11.6. The Morgan fingerprint density at radius 3 is 3.05 bits per heavy atom. The van der Waals surface area contributed by atoms with E-state index in [1.807, 2.05) is 6.92 Å². The molecule has 19 heavy (non-hydrogen) atoms. The van der Waals surface area contributed by atoms with Gasteiger partial charge in [0.1, 0.15) is 5.01 Å². The van der Waals surface area contributed by atoms with Crippen molar-refractivity contribution in [2.24, 2.45) is 0 Å². The molecule has 104 valence electrons. The van der Waals surface area contributed by atoms with Gasteiger partial charge in [0.05, 0.1) is 13.0 Å². The van der Waals surface area contributed by atoms with Crippen LogP contribution in [0.1, 0.15) is 29.1 Å². The average molecular weight is 283 g/mol. The first-order valence-electron chi connectivity index (χ1n) is 6.24. The van der Waals surface area contributed by atoms with E-state index in [9.17, 15) is 9.59 Å². The summed E-state index contributed by atoms with van der Waals surface area (Å²) in [5, 5.41) is 12.5. The number of amides is 2. The predicted octanol–water partition coefficient (Wildman–Crippen LogP) is 1.60. The minimum absolute atomic E-state index is 0.0176. The Morgan fingerprint density at radius 1 is 1.63 bits per heavy atom. The molecule has 1 aromatic rings. The first kappa shape index (κ1) is 13.8. The van der Waals surface area contributed by atoms with E-state index >= 15 is 0 Å². The summed E-state index contributed by atoms with van der Waals surface area (Å²) in [6, 6.07) is -0.382. The molecular weight excluding hydrogens is 266 g/mol. The molecule has 2 rings (SSSR count). The van der Waals surface area contributed by atoms with Gasteiger partial charge in [-0.1, -0.05) is 0 Å². The lowest BCUT2D eigenvalue weighted by atomic mass is 10.1. The van der Waals surface area contributed by atoms with E-state index < -0.39 is 5.97 Å². The van der Waals surface area contributed by atoms with Crippen LogP contribution in [-0.4, -0.2) is 39.6 Å². The van der Waals surface area contributed by atoms with Crippen molar-refractivity contribution >= 4 is 23.3 Å². The van der Waals surface area contributed by atoms with Gasteiger partial charge in [-0.15, -0.1) is 11.3 Å². The minimum atomic E-state index is -0.861. The summed E-state index contributed by atoms with van der Waals surface area (Å²) in [6.07, 6.45) is 3.41. The van der Waals surface area contributed by atoms with Gasteiger partial charge in [0.25, 0.3) is 0 Å². The average Bonchev–Trinajstić information content (AvgIpc) is 2.94. The van der Waals surface area contributed by atoms with E-state index in [1.54, 1.807) is 22.4 Å². The molecular formula is C12H17N3O3S. The lowest BCUT2D eigenvalue weighted by Gasteiger charge is -2.23. The molecule has 1 saturated heterocycles. The van der Waals surface area contributed by atoms with Crippen molar-refractivity contribution in [1.29, 1.82) is 0 Å². The number of carbonyl (C=O) groups is 2. The second kappa shape index (κ2) is 6.01. The number of carbonyl (C=O) groups excluding carboxylic acids is 1. The monoisotopic (exact) mass is 283 g/mol. The molecule has 0 aliphatic carbocycles. The lowest BCUT2D eigenvalue weighted by molar-refractivity contribution is -0.137. The largest absolute Gasteiger partial charge is 0.481 e. The molecule has 1 atom stereocenters. The van der Waals surface area contributed by atoms with Crippen molar-refractivity contribution in [3.8, 4) is 0 Å². The molecule has 2 N–H and O–H groups in total. The molecule has 2 amide bonds. The molecule has 6 nitrogen and oxygen atoms in total. The Kier molecular flexibility index (Phi) is 4.36. The van der Waals surface area contributed by atoms with Crippen LogP contribution >= 0.6 is 11.3 Å². The topological polar surface area (TPSA) is 82.5 Å². The van der Waals surface area contributed by atoms with E-state index in [1.165, 1.54) is 0 Å². The van der Waals surface area contributed by atoms with Crippen LogP contribution in [0.2, 0.25) is 0 Å². The maximum Gasteiger partial charge on any atom is 0.318 e. The number of nitrogens with one attached hydrogen (secondary N) is 1. The van der Waals surface area contributed by atoms with Crippen LogP contribution in [0.25, 0.3) is 0 Å². The van der Waals surface area contributed by atoms with Gasteiger partial charge in [0, 0.05) is 23.7 Å². The van der Waals surface area contributed by atoms with Gasteiger partial charge in [0.15, 0.2) is 0 Å². The van der Waals surface area contributed by atoms with E-state index in [2.05, 4.69) is 10.3 Å². The van der Waals surface area contributed by atoms with Gasteiger partial charge >= 0.3 is 12.0 Å². The number of hydrogen-bond donors (Lipinski definition) is 2. The van der Waals surface area contributed by atoms with Crippen molar-refractivity contribution in [3.63, 3.8) is 0 Å². The summed E-state index contributed by atoms with van der Waals surface area (Å²) >= 11 is 1.55. The Hall–Kier alpha value is -1.63. The number of rotatable bonds is 4. The van der Waals surface area contributed by atoms with Crippen molar-refractivity contribution in [2.75, 3.05) is 6.54 Å². The fraction of sp³-hybridized carbons (Fsp3) is 0.583. The Bertz CT molecular complexity index is 475. The number of aromatic nitrogens is 1. The Balaban J connectivity index is 1.86. The smallest absolute Gasteiger partial charge is 0.318 e. The van der Waals surface area contributed by atoms with Crippen LogP contribution in [0.5, 0.6) is 0 Å². The third kappa shape index (κ3) is 3.66. The number of carboxylic acids is 1. The molecule has 1 aliphatic rings. The zero-order valence-electron chi connectivity index (χ0n) is 10.8. The van der Waals surface area contributed by atoms with Crippen LogP contribution in [-0.2, 0) is 11.3 Å². The van der Waals surface area contributed by atoms with E-state index in [-0.39, 0.29) is 18.5 Å². The molecule has 2 heterocycles. The molecule has 0 saturated carbocycles. The number of thiazole rings is 1. The van der Waals surface area contributed by atoms with Crippen molar-refractivity contribution in [1.82, 2.24) is 15.2 Å². The van der Waals surface area contributed by atoms with Gasteiger partial charge < -0.3 is 15.3 Å². The molecule has 7 heteroatoms. The molecule has 1 unspecified atom stereocenters. The summed E-state index contributed by atoms with van der Waals surface area (Å²) in [7, 11) is 0. The third-order valence-electron chi connectivity index (χ3n) is 3.11. The summed E-state index contributed by atoms with van der Waals surface area (Å²) in [5.74, 6) is -0.861. The highest BCUT2D eigenvalue weighted by Crippen LogP contribution is 2.20. The molecule has 1 aliphatic heterocycles. The number of aryl methyl sites for hydroxylation is 1. The molecule has 0 spiro atoms. The second-order valence-corrected chi connectivity index (χ2v) is 5.93. The van der Waals surface area contributed by atoms with Crippen LogP contribution in [0.15, 0.2) is 6.20 Å². The maximum atomic E-state index is 12.0. The fourth-order valence-electron chi connectivity index (χ4n) is 2.25. The first-order valence-corrected chi connectivity index (χ1v) is 7.05. The first-order chi connectivity index (χ1) is 9.06. The van der Waals surface area contributed by atoms with Gasteiger partial charge in [-0.25, -0.2) is 9.78 Å². The number of hydrogen-bond acceptors (Lipinski definition) is 4. The number of carboxylic acid groups (broad SMARTS) is 1. The summed E-state index contributed by atoms with van der Waals surface area (Å²) in [4.78, 5) is 29.7. The molecule has 1 fully saturated rings. The summed E-state index contributed by atoms with van der Waals surface area (Å²) in [6.45, 7) is 2.99. The molecule has 0 aromatic carbocycles. The number of urea groups is 1. The number of nitrogens with zero attached hydrogens (tertiary/aromatic N) is 2. The molecule has 0 radical (unpaired) electrons. The van der Waals surface area contributed by atoms with Crippen LogP contribution in [0.3, 0.4) is 0 Å². The van der Waals surface area contributed by atoms with Crippen molar-refractivity contribution in [2.45, 2.75) is 38.8 Å². The SMILES string of the molecule is Cc1cnc(CNC(=O)N2CCCC2CC(=O)O)s1. The minimum Gasteiger partial charge on any atom is -0.481 e. The molecule has 0 bridgehead atoms. The highest BCUT2D eigenvalue weighted by molar-refractivity contribution is 7.11. The normalized spacial score (nSPS) is 18.6. The Labute approximate surface area is 115 Å². The van der Waals surface area contributed by atoms with E-state index in [0.717, 1.165) is 22.7 Å². The second-order valence-electron chi connectivity index (χ2n) is 4.61. The van der Waals surface area contributed by atoms with Crippen LogP contribution in [0.4, 0.5) is 4.79 Å². The van der Waals surface area contributed by atoms with Crippen molar-refractivity contribution in [3.05, 3.63) is 16.1 Å². The van der Waals surface area contributed by atoms with Crippen LogP contribution in [0, 0.1) is 6.92 Å². The van der Waals surface area contributed by atoms with Gasteiger partial charge in [-0.05, 0) is 19.8 Å². The standard InChI is InChI=1S/C12H17N3O3S/c1-8-6-13-10(19-8)7-14-12(18)15-4-2-3-9(15)5-11(16)17/h6,9H,2-5,7H2,1H3,(H,14,18)(H,16,17). The van der Waals surface area contributed by atoms with E-state index in [4.69, 9.17) is 5.11 Å². The fourth-order valence-corrected chi connectivity index (χ4v) is 2.98. The lowest BCUT2D eigenvalue weighted by Crippen LogP contribution is -2.43. The highest BCUT2D eigenvalue weighted by atomic mass is 32.1. The van der Waals surface area contributed by atoms with Gasteiger partial charge in [-0.2, -0.15) is 0 Å². The number of likely N-dealkylation sites (tertiary alicyclic amines) is 1. The highest BCUT2D eigenvalue weighted by Gasteiger charge is 2.30. The zero-order chi connectivity index (χ0) is 13.8. The number of aliphatic carboxylic acids is 1. The van der Waals surface area contributed by atoms with Gasteiger partial charge in [-0.3, -0.25) is 4.79 Å². The van der Waals surface area contributed by atoms with E-state index in [0.29, 0.717) is 13.1 Å². The summed E-state index contributed by atoms with van der Waals surface area (Å²) in [5.41, 5.74) is 0. The summed E-state index contributed by atoms with van der Waals surface area (Å²) < 4.78 is 0. The Morgan fingerprint density at radius 2 is 2.42 bits per heavy atom. The third-order valence-corrected chi connectivity index (χ3v) is 4.02. The van der Waals surface area contributed by atoms with Gasteiger partial charge in [0.2, 0.25) is 0 Å². The van der Waals surface area contributed by atoms with Crippen molar-refractivity contribution < 1.29 is 14.7 Å². The predicted molar refractivity (Wildman–Crippen MR) is 71.1 cm³/mol.